The van der Waals surface area contributed by atoms with Gasteiger partial charge in [0.15, 0.2) is 0 Å². The van der Waals surface area contributed by atoms with Crippen LogP contribution in [0.15, 0.2) is 48.5 Å². The third-order valence-electron chi connectivity index (χ3n) is 2.94. The molecule has 0 aliphatic heterocycles. The number of nitrogens with zero attached hydrogens (tertiary/aromatic N) is 1. The third-order valence-corrected chi connectivity index (χ3v) is 4.03. The van der Waals surface area contributed by atoms with Gasteiger partial charge in [0, 0.05) is 0 Å². The molecule has 0 saturated carbocycles. The molecule has 3 rings (SSSR count). The van der Waals surface area contributed by atoms with Gasteiger partial charge < -0.3 is 5.11 Å². The molecule has 90 valence electrons. The molecule has 1 aromatic heterocycles. The van der Waals surface area contributed by atoms with E-state index in [1.165, 1.54) is 5.56 Å². The topological polar surface area (TPSA) is 33.1 Å². The van der Waals surface area contributed by atoms with Crippen LogP contribution >= 0.6 is 11.3 Å². The number of aromatic nitrogens is 1. The van der Waals surface area contributed by atoms with Crippen molar-refractivity contribution in [2.75, 3.05) is 0 Å². The van der Waals surface area contributed by atoms with E-state index >= 15 is 0 Å². The summed E-state index contributed by atoms with van der Waals surface area (Å²) in [4.78, 5) is 4.48. The molecule has 1 N–H and O–H groups in total. The Bertz CT molecular complexity index is 639. The van der Waals surface area contributed by atoms with Crippen LogP contribution in [0.4, 0.5) is 0 Å². The minimum Gasteiger partial charge on any atom is -0.381 e. The molecular weight excluding hydrogens is 242 g/mol. The Morgan fingerprint density at radius 2 is 1.78 bits per heavy atom. The summed E-state index contributed by atoms with van der Waals surface area (Å²) in [5.41, 5.74) is 3.03. The minimum atomic E-state index is -0.636. The summed E-state index contributed by atoms with van der Waals surface area (Å²) in [6.45, 7) is 2.04. The largest absolute Gasteiger partial charge is 0.381 e. The van der Waals surface area contributed by atoms with Gasteiger partial charge in [-0.05, 0) is 24.6 Å². The van der Waals surface area contributed by atoms with Gasteiger partial charge in [0.1, 0.15) is 11.1 Å². The highest BCUT2D eigenvalue weighted by Crippen LogP contribution is 2.29. The predicted octanol–water partition coefficient (Wildman–Crippen LogP) is 3.69. The number of para-hydroxylation sites is 1. The van der Waals surface area contributed by atoms with Crippen molar-refractivity contribution in [2.45, 2.75) is 13.0 Å². The Morgan fingerprint density at radius 1 is 1.06 bits per heavy atom. The van der Waals surface area contributed by atoms with E-state index < -0.39 is 6.10 Å². The maximum absolute atomic E-state index is 10.3. The smallest absolute Gasteiger partial charge is 0.131 e. The summed E-state index contributed by atoms with van der Waals surface area (Å²) in [6.07, 6.45) is -0.636. The first-order valence-electron chi connectivity index (χ1n) is 5.84. The normalized spacial score (nSPS) is 12.8. The van der Waals surface area contributed by atoms with Crippen molar-refractivity contribution >= 4 is 21.6 Å². The molecule has 1 atom stereocenters. The number of hydrogen-bond acceptors (Lipinski definition) is 3. The molecule has 0 radical (unpaired) electrons. The lowest BCUT2D eigenvalue weighted by molar-refractivity contribution is 0.220. The lowest BCUT2D eigenvalue weighted by atomic mass is 10.1. The van der Waals surface area contributed by atoms with Crippen molar-refractivity contribution in [3.05, 3.63) is 64.7 Å². The molecule has 3 heteroatoms. The second-order valence-electron chi connectivity index (χ2n) is 4.33. The van der Waals surface area contributed by atoms with Crippen molar-refractivity contribution in [3.63, 3.8) is 0 Å². The van der Waals surface area contributed by atoms with E-state index in [1.54, 1.807) is 11.3 Å². The van der Waals surface area contributed by atoms with E-state index in [0.717, 1.165) is 20.8 Å². The Kier molecular flexibility index (Phi) is 2.86. The van der Waals surface area contributed by atoms with Crippen LogP contribution in [0.5, 0.6) is 0 Å². The summed E-state index contributed by atoms with van der Waals surface area (Å²) in [5, 5.41) is 11.1. The van der Waals surface area contributed by atoms with Gasteiger partial charge in [-0.2, -0.15) is 0 Å². The van der Waals surface area contributed by atoms with Gasteiger partial charge in [0.2, 0.25) is 0 Å². The van der Waals surface area contributed by atoms with Crippen molar-refractivity contribution in [2.24, 2.45) is 0 Å². The van der Waals surface area contributed by atoms with Crippen LogP contribution in [0.1, 0.15) is 22.2 Å². The molecular formula is C15H13NOS. The average Bonchev–Trinajstić information content (AvgIpc) is 2.82. The van der Waals surface area contributed by atoms with Crippen molar-refractivity contribution in [3.8, 4) is 0 Å². The van der Waals surface area contributed by atoms with E-state index in [2.05, 4.69) is 4.98 Å². The van der Waals surface area contributed by atoms with Gasteiger partial charge >= 0.3 is 0 Å². The Balaban J connectivity index is 2.00. The Hall–Kier alpha value is -1.71. The van der Waals surface area contributed by atoms with Crippen molar-refractivity contribution < 1.29 is 5.11 Å². The number of fused-ring (bicyclic) bond motifs is 1. The number of benzene rings is 2. The minimum absolute atomic E-state index is 0.636. The molecule has 2 nitrogen and oxygen atoms in total. The van der Waals surface area contributed by atoms with Crippen molar-refractivity contribution in [1.29, 1.82) is 0 Å². The number of rotatable bonds is 2. The SMILES string of the molecule is Cc1ccc(C(O)c2nc3ccccc3s2)cc1. The summed E-state index contributed by atoms with van der Waals surface area (Å²) < 4.78 is 1.11. The second-order valence-corrected chi connectivity index (χ2v) is 5.40. The summed E-state index contributed by atoms with van der Waals surface area (Å²) in [5.74, 6) is 0. The fraction of sp³-hybridized carbons (Fsp3) is 0.133. The molecule has 0 fully saturated rings. The number of hydrogen-bond donors (Lipinski definition) is 1. The first-order valence-corrected chi connectivity index (χ1v) is 6.66. The Morgan fingerprint density at radius 3 is 2.50 bits per heavy atom. The predicted molar refractivity (Wildman–Crippen MR) is 74.9 cm³/mol. The molecule has 18 heavy (non-hydrogen) atoms. The maximum Gasteiger partial charge on any atom is 0.131 e. The van der Waals surface area contributed by atoms with Crippen LogP contribution in [0, 0.1) is 6.92 Å². The quantitative estimate of drug-likeness (QED) is 0.757. The molecule has 2 aromatic carbocycles. The standard InChI is InChI=1S/C15H13NOS/c1-10-6-8-11(9-7-10)14(17)15-16-12-4-2-3-5-13(12)18-15/h2-9,14,17H,1H3. The number of aliphatic hydroxyl groups is 1. The molecule has 1 heterocycles. The van der Waals surface area contributed by atoms with Gasteiger partial charge in [0.05, 0.1) is 10.2 Å². The highest BCUT2D eigenvalue weighted by atomic mass is 32.1. The second kappa shape index (κ2) is 4.52. The number of aliphatic hydroxyl groups excluding tert-OH is 1. The molecule has 1 unspecified atom stereocenters. The van der Waals surface area contributed by atoms with Crippen LogP contribution in [0.2, 0.25) is 0 Å². The lowest BCUT2D eigenvalue weighted by Crippen LogP contribution is -1.98. The highest BCUT2D eigenvalue weighted by Gasteiger charge is 2.14. The van der Waals surface area contributed by atoms with E-state index in [4.69, 9.17) is 0 Å². The molecule has 0 saturated heterocycles. The Labute approximate surface area is 110 Å². The summed E-state index contributed by atoms with van der Waals surface area (Å²) in [6, 6.07) is 15.9. The molecule has 0 aliphatic rings. The summed E-state index contributed by atoms with van der Waals surface area (Å²) >= 11 is 1.54. The van der Waals surface area contributed by atoms with Gasteiger partial charge in [-0.15, -0.1) is 11.3 Å². The zero-order valence-electron chi connectivity index (χ0n) is 10.00. The lowest BCUT2D eigenvalue weighted by Gasteiger charge is -2.07. The first kappa shape index (κ1) is 11.4. The van der Waals surface area contributed by atoms with Crippen LogP contribution in [0.3, 0.4) is 0 Å². The molecule has 0 amide bonds. The van der Waals surface area contributed by atoms with Crippen LogP contribution in [-0.2, 0) is 0 Å². The number of thiazole rings is 1. The molecule has 3 aromatic rings. The number of aryl methyl sites for hydroxylation is 1. The zero-order chi connectivity index (χ0) is 12.5. The van der Waals surface area contributed by atoms with Gasteiger partial charge in [0.25, 0.3) is 0 Å². The fourth-order valence-electron chi connectivity index (χ4n) is 1.90. The zero-order valence-corrected chi connectivity index (χ0v) is 10.8. The van der Waals surface area contributed by atoms with Gasteiger partial charge in [-0.3, -0.25) is 0 Å². The van der Waals surface area contributed by atoms with E-state index in [9.17, 15) is 5.11 Å². The molecule has 0 bridgehead atoms. The molecule has 0 spiro atoms. The van der Waals surface area contributed by atoms with E-state index in [0.29, 0.717) is 0 Å². The average molecular weight is 255 g/mol. The summed E-state index contributed by atoms with van der Waals surface area (Å²) in [7, 11) is 0. The molecule has 0 aliphatic carbocycles. The van der Waals surface area contributed by atoms with E-state index in [1.807, 2.05) is 55.5 Å². The van der Waals surface area contributed by atoms with Gasteiger partial charge in [-0.25, -0.2) is 4.98 Å². The van der Waals surface area contributed by atoms with Crippen molar-refractivity contribution in [1.82, 2.24) is 4.98 Å². The first-order chi connectivity index (χ1) is 8.74. The van der Waals surface area contributed by atoms with Gasteiger partial charge in [-0.1, -0.05) is 42.0 Å². The maximum atomic E-state index is 10.3. The third kappa shape index (κ3) is 2.03. The van der Waals surface area contributed by atoms with Crippen LogP contribution < -0.4 is 0 Å². The highest BCUT2D eigenvalue weighted by molar-refractivity contribution is 7.18. The van der Waals surface area contributed by atoms with E-state index in [-0.39, 0.29) is 0 Å². The fourth-order valence-corrected chi connectivity index (χ4v) is 2.88. The van der Waals surface area contributed by atoms with Crippen LogP contribution in [0.25, 0.3) is 10.2 Å². The van der Waals surface area contributed by atoms with Crippen LogP contribution in [-0.4, -0.2) is 10.1 Å². The monoisotopic (exact) mass is 255 g/mol.